The minimum Gasteiger partial charge on any atom is -0.336 e. The van der Waals surface area contributed by atoms with Crippen LogP contribution in [0.5, 0.6) is 0 Å². The van der Waals surface area contributed by atoms with Crippen molar-refractivity contribution in [2.24, 2.45) is 0 Å². The molecule has 1 unspecified atom stereocenters. The number of carbonyl (C=O) groups excluding carboxylic acids is 1. The molecule has 0 aliphatic carbocycles. The largest absolute Gasteiger partial charge is 0.336 e. The van der Waals surface area contributed by atoms with Gasteiger partial charge in [0.15, 0.2) is 0 Å². The third kappa shape index (κ3) is 3.47. The highest BCUT2D eigenvalue weighted by Crippen LogP contribution is 2.09. The van der Waals surface area contributed by atoms with E-state index in [1.807, 2.05) is 6.07 Å². The van der Waals surface area contributed by atoms with E-state index in [0.717, 1.165) is 19.4 Å². The van der Waals surface area contributed by atoms with Gasteiger partial charge in [-0.15, -0.1) is 0 Å². The molecule has 0 saturated carbocycles. The first-order valence-electron chi connectivity index (χ1n) is 6.06. The number of carbonyl (C=O) groups is 1. The van der Waals surface area contributed by atoms with Crippen molar-refractivity contribution < 1.29 is 4.79 Å². The third-order valence-electron chi connectivity index (χ3n) is 2.92. The fourth-order valence-electron chi connectivity index (χ4n) is 1.99. The predicted molar refractivity (Wildman–Crippen MR) is 69.2 cm³/mol. The average molecular weight is 244 g/mol. The van der Waals surface area contributed by atoms with E-state index in [1.54, 1.807) is 24.3 Å². The Kier molecular flexibility index (Phi) is 4.15. The van der Waals surface area contributed by atoms with Crippen molar-refractivity contribution in [2.75, 3.05) is 18.4 Å². The van der Waals surface area contributed by atoms with Crippen LogP contribution in [0.1, 0.15) is 18.4 Å². The summed E-state index contributed by atoms with van der Waals surface area (Å²) >= 11 is 0. The highest BCUT2D eigenvalue weighted by Gasteiger charge is 2.14. The Labute approximate surface area is 106 Å². The van der Waals surface area contributed by atoms with Gasteiger partial charge in [0.1, 0.15) is 0 Å². The lowest BCUT2D eigenvalue weighted by molar-refractivity contribution is 0.251. The Morgan fingerprint density at radius 1 is 1.56 bits per heavy atom. The molecule has 94 valence electrons. The van der Waals surface area contributed by atoms with E-state index < -0.39 is 0 Å². The standard InChI is InChI=1S/C13H16N4O/c14-8-10-3-1-4-11(7-10)17-13(18)16-9-12-5-2-6-15-12/h1,3-4,7,12,15H,2,5-6,9H2,(H2,16,17,18). The van der Waals surface area contributed by atoms with Gasteiger partial charge in [-0.25, -0.2) is 4.79 Å². The number of nitriles is 1. The lowest BCUT2D eigenvalue weighted by Gasteiger charge is -2.12. The summed E-state index contributed by atoms with van der Waals surface area (Å²) in [6.45, 7) is 1.65. The minimum absolute atomic E-state index is 0.237. The maximum atomic E-state index is 11.6. The maximum absolute atomic E-state index is 11.6. The molecule has 0 aromatic heterocycles. The zero-order chi connectivity index (χ0) is 12.8. The highest BCUT2D eigenvalue weighted by atomic mass is 16.2. The van der Waals surface area contributed by atoms with Gasteiger partial charge < -0.3 is 16.0 Å². The fourth-order valence-corrected chi connectivity index (χ4v) is 1.99. The van der Waals surface area contributed by atoms with Crippen molar-refractivity contribution in [3.63, 3.8) is 0 Å². The smallest absolute Gasteiger partial charge is 0.319 e. The number of anilines is 1. The number of nitrogens with one attached hydrogen (secondary N) is 3. The number of rotatable bonds is 3. The maximum Gasteiger partial charge on any atom is 0.319 e. The molecular formula is C13H16N4O. The van der Waals surface area contributed by atoms with Gasteiger partial charge in [0, 0.05) is 18.3 Å². The molecule has 1 heterocycles. The van der Waals surface area contributed by atoms with Crippen LogP contribution in [-0.2, 0) is 0 Å². The lowest BCUT2D eigenvalue weighted by Crippen LogP contribution is -2.39. The van der Waals surface area contributed by atoms with Gasteiger partial charge in [-0.3, -0.25) is 0 Å². The molecule has 1 aromatic carbocycles. The van der Waals surface area contributed by atoms with Gasteiger partial charge in [0.2, 0.25) is 0 Å². The van der Waals surface area contributed by atoms with Crippen LogP contribution in [0.3, 0.4) is 0 Å². The van der Waals surface area contributed by atoms with E-state index in [1.165, 1.54) is 0 Å². The summed E-state index contributed by atoms with van der Waals surface area (Å²) in [4.78, 5) is 11.6. The fraction of sp³-hybridized carbons (Fsp3) is 0.385. The van der Waals surface area contributed by atoms with Gasteiger partial charge in [-0.2, -0.15) is 5.26 Å². The molecule has 0 spiro atoms. The van der Waals surface area contributed by atoms with Crippen LogP contribution >= 0.6 is 0 Å². The average Bonchev–Trinajstić information content (AvgIpc) is 2.90. The summed E-state index contributed by atoms with van der Waals surface area (Å²) < 4.78 is 0. The lowest BCUT2D eigenvalue weighted by atomic mass is 10.2. The second-order valence-corrected chi connectivity index (χ2v) is 4.32. The van der Waals surface area contributed by atoms with Crippen molar-refractivity contribution in [1.29, 1.82) is 5.26 Å². The summed E-state index contributed by atoms with van der Waals surface area (Å²) in [7, 11) is 0. The van der Waals surface area contributed by atoms with E-state index in [0.29, 0.717) is 23.8 Å². The van der Waals surface area contributed by atoms with E-state index in [2.05, 4.69) is 16.0 Å². The molecular weight excluding hydrogens is 228 g/mol. The van der Waals surface area contributed by atoms with Crippen LogP contribution < -0.4 is 16.0 Å². The normalized spacial score (nSPS) is 18.1. The SMILES string of the molecule is N#Cc1cccc(NC(=O)NCC2CCCN2)c1. The number of hydrogen-bond donors (Lipinski definition) is 3. The quantitative estimate of drug-likeness (QED) is 0.752. The van der Waals surface area contributed by atoms with Crippen molar-refractivity contribution in [2.45, 2.75) is 18.9 Å². The topological polar surface area (TPSA) is 77.0 Å². The van der Waals surface area contributed by atoms with Gasteiger partial charge >= 0.3 is 6.03 Å². The number of benzene rings is 1. The molecule has 3 N–H and O–H groups in total. The molecule has 1 aliphatic rings. The van der Waals surface area contributed by atoms with E-state index in [9.17, 15) is 4.79 Å². The van der Waals surface area contributed by atoms with E-state index >= 15 is 0 Å². The second-order valence-electron chi connectivity index (χ2n) is 4.32. The van der Waals surface area contributed by atoms with Crippen LogP contribution in [0.15, 0.2) is 24.3 Å². The molecule has 2 rings (SSSR count). The molecule has 5 nitrogen and oxygen atoms in total. The van der Waals surface area contributed by atoms with Crippen LogP contribution in [0, 0.1) is 11.3 Å². The number of urea groups is 1. The molecule has 18 heavy (non-hydrogen) atoms. The van der Waals surface area contributed by atoms with Gasteiger partial charge in [-0.1, -0.05) is 6.07 Å². The van der Waals surface area contributed by atoms with Crippen LogP contribution in [0.2, 0.25) is 0 Å². The van der Waals surface area contributed by atoms with Crippen molar-refractivity contribution in [3.05, 3.63) is 29.8 Å². The van der Waals surface area contributed by atoms with Crippen LogP contribution in [0.25, 0.3) is 0 Å². The predicted octanol–water partition coefficient (Wildman–Crippen LogP) is 1.43. The first-order valence-corrected chi connectivity index (χ1v) is 6.06. The number of hydrogen-bond acceptors (Lipinski definition) is 3. The highest BCUT2D eigenvalue weighted by molar-refractivity contribution is 5.89. The number of nitrogens with zero attached hydrogens (tertiary/aromatic N) is 1. The molecule has 1 atom stereocenters. The summed E-state index contributed by atoms with van der Waals surface area (Å²) in [5.74, 6) is 0. The van der Waals surface area contributed by atoms with Gasteiger partial charge in [0.05, 0.1) is 11.6 Å². The molecule has 0 bridgehead atoms. The first kappa shape index (κ1) is 12.4. The summed E-state index contributed by atoms with van der Waals surface area (Å²) in [5, 5.41) is 17.6. The molecule has 0 radical (unpaired) electrons. The zero-order valence-electron chi connectivity index (χ0n) is 10.1. The Morgan fingerprint density at radius 3 is 3.17 bits per heavy atom. The van der Waals surface area contributed by atoms with Crippen LogP contribution in [0.4, 0.5) is 10.5 Å². The van der Waals surface area contributed by atoms with Crippen molar-refractivity contribution in [1.82, 2.24) is 10.6 Å². The Hall–Kier alpha value is -2.06. The Bertz CT molecular complexity index is 460. The molecule has 2 amide bonds. The molecule has 1 aromatic rings. The summed E-state index contributed by atoms with van der Waals surface area (Å²) in [6, 6.07) is 9.02. The second kappa shape index (κ2) is 6.03. The van der Waals surface area contributed by atoms with Gasteiger partial charge in [0.25, 0.3) is 0 Å². The molecule has 5 heteroatoms. The number of amides is 2. The Morgan fingerprint density at radius 2 is 2.44 bits per heavy atom. The van der Waals surface area contributed by atoms with Crippen molar-refractivity contribution in [3.8, 4) is 6.07 Å². The molecule has 1 fully saturated rings. The summed E-state index contributed by atoms with van der Waals surface area (Å²) in [6.07, 6.45) is 2.27. The van der Waals surface area contributed by atoms with Gasteiger partial charge in [-0.05, 0) is 37.6 Å². The van der Waals surface area contributed by atoms with Crippen LogP contribution in [-0.4, -0.2) is 25.2 Å². The molecule has 1 saturated heterocycles. The molecule has 1 aliphatic heterocycles. The Balaban J connectivity index is 1.81. The minimum atomic E-state index is -0.237. The first-order chi connectivity index (χ1) is 8.78. The van der Waals surface area contributed by atoms with E-state index in [4.69, 9.17) is 5.26 Å². The monoisotopic (exact) mass is 244 g/mol. The van der Waals surface area contributed by atoms with Crippen molar-refractivity contribution >= 4 is 11.7 Å². The van der Waals surface area contributed by atoms with E-state index in [-0.39, 0.29) is 6.03 Å². The zero-order valence-corrected chi connectivity index (χ0v) is 10.1. The third-order valence-corrected chi connectivity index (χ3v) is 2.92. The summed E-state index contributed by atoms with van der Waals surface area (Å²) in [5.41, 5.74) is 1.16.